The van der Waals surface area contributed by atoms with Crippen molar-refractivity contribution in [3.8, 4) is 0 Å². The van der Waals surface area contributed by atoms with Gasteiger partial charge in [-0.2, -0.15) is 0 Å². The Bertz CT molecular complexity index is 145. The number of carbonyl (C=O) groups excluding carboxylic acids is 1. The van der Waals surface area contributed by atoms with Gasteiger partial charge in [0.15, 0.2) is 12.5 Å². The lowest BCUT2D eigenvalue weighted by atomic mass is 10.5. The summed E-state index contributed by atoms with van der Waals surface area (Å²) < 4.78 is 0. The number of aliphatic hydroxyl groups excluding tert-OH is 2. The van der Waals surface area contributed by atoms with E-state index in [1.165, 1.54) is 14.1 Å². The fourth-order valence-corrected chi connectivity index (χ4v) is 0.875. The van der Waals surface area contributed by atoms with Gasteiger partial charge in [-0.15, -0.1) is 0 Å². The highest BCUT2D eigenvalue weighted by molar-refractivity contribution is 5.76. The van der Waals surface area contributed by atoms with Crippen LogP contribution in [0.4, 0.5) is 4.79 Å². The first-order valence-corrected chi connectivity index (χ1v) is 2.91. The predicted octanol–water partition coefficient (Wildman–Crippen LogP) is -1.38. The minimum absolute atomic E-state index is 0.375. The van der Waals surface area contributed by atoms with Crippen LogP contribution in [0.2, 0.25) is 0 Å². The van der Waals surface area contributed by atoms with Gasteiger partial charge in [0.05, 0.1) is 0 Å². The van der Waals surface area contributed by atoms with Crippen LogP contribution >= 0.6 is 0 Å². The molecule has 2 atom stereocenters. The van der Waals surface area contributed by atoms with Gasteiger partial charge in [0.1, 0.15) is 0 Å². The van der Waals surface area contributed by atoms with Crippen molar-refractivity contribution in [1.82, 2.24) is 9.80 Å². The summed E-state index contributed by atoms with van der Waals surface area (Å²) >= 11 is 0. The van der Waals surface area contributed by atoms with Crippen LogP contribution in [0.3, 0.4) is 0 Å². The normalized spacial score (nSPS) is 33.8. The number of amides is 2. The second kappa shape index (κ2) is 2.10. The molecule has 0 saturated carbocycles. The third-order valence-corrected chi connectivity index (χ3v) is 1.66. The first-order valence-electron chi connectivity index (χ1n) is 2.91. The van der Waals surface area contributed by atoms with Gasteiger partial charge in [0.2, 0.25) is 0 Å². The van der Waals surface area contributed by atoms with E-state index in [0.717, 1.165) is 9.80 Å². The Morgan fingerprint density at radius 3 is 1.60 bits per heavy atom. The molecule has 1 heterocycles. The van der Waals surface area contributed by atoms with Crippen molar-refractivity contribution in [1.29, 1.82) is 0 Å². The average Bonchev–Trinajstić information content (AvgIpc) is 2.07. The van der Waals surface area contributed by atoms with Crippen LogP contribution < -0.4 is 0 Å². The van der Waals surface area contributed by atoms with Crippen molar-refractivity contribution >= 4 is 6.03 Å². The van der Waals surface area contributed by atoms with Gasteiger partial charge in [0, 0.05) is 14.1 Å². The van der Waals surface area contributed by atoms with Crippen LogP contribution in [0.15, 0.2) is 0 Å². The lowest BCUT2D eigenvalue weighted by Gasteiger charge is -2.13. The van der Waals surface area contributed by atoms with E-state index in [0.29, 0.717) is 0 Å². The van der Waals surface area contributed by atoms with E-state index in [4.69, 9.17) is 10.2 Å². The highest BCUT2D eigenvalue weighted by Crippen LogP contribution is 2.14. The largest absolute Gasteiger partial charge is 0.369 e. The maximum Gasteiger partial charge on any atom is 0.323 e. The Balaban J connectivity index is 2.78. The van der Waals surface area contributed by atoms with Crippen molar-refractivity contribution in [2.75, 3.05) is 14.1 Å². The van der Waals surface area contributed by atoms with Crippen molar-refractivity contribution < 1.29 is 15.0 Å². The molecule has 5 nitrogen and oxygen atoms in total. The van der Waals surface area contributed by atoms with E-state index in [-0.39, 0.29) is 6.03 Å². The van der Waals surface area contributed by atoms with Gasteiger partial charge < -0.3 is 10.2 Å². The Hall–Kier alpha value is -0.810. The molecule has 1 rings (SSSR count). The first kappa shape index (κ1) is 7.30. The first-order chi connectivity index (χ1) is 4.55. The molecule has 0 aromatic carbocycles. The zero-order valence-corrected chi connectivity index (χ0v) is 5.85. The molecule has 2 N–H and O–H groups in total. The minimum Gasteiger partial charge on any atom is -0.369 e. The summed E-state index contributed by atoms with van der Waals surface area (Å²) in [5, 5.41) is 18.0. The quantitative estimate of drug-likeness (QED) is 0.442. The molecule has 0 bridgehead atoms. The van der Waals surface area contributed by atoms with Crippen LogP contribution in [0.1, 0.15) is 0 Å². The molecule has 10 heavy (non-hydrogen) atoms. The molecule has 58 valence electrons. The number of carbonyl (C=O) groups is 1. The average molecular weight is 146 g/mol. The number of hydrogen-bond donors (Lipinski definition) is 2. The van der Waals surface area contributed by atoms with Crippen LogP contribution in [-0.2, 0) is 0 Å². The molecule has 1 aliphatic rings. The molecule has 5 heteroatoms. The zero-order chi connectivity index (χ0) is 7.89. The maximum absolute atomic E-state index is 10.9. The molecule has 1 aliphatic heterocycles. The van der Waals surface area contributed by atoms with E-state index in [2.05, 4.69) is 0 Å². The van der Waals surface area contributed by atoms with Crippen molar-refractivity contribution in [2.24, 2.45) is 0 Å². The summed E-state index contributed by atoms with van der Waals surface area (Å²) in [5.74, 6) is 0. The SMILES string of the molecule is CN1C(=O)N(C)[C@H](O)[C@H]1O. The molecule has 0 aliphatic carbocycles. The summed E-state index contributed by atoms with van der Waals surface area (Å²) in [5.41, 5.74) is 0. The number of likely N-dealkylation sites (N-methyl/N-ethyl adjacent to an activating group) is 2. The van der Waals surface area contributed by atoms with Crippen molar-refractivity contribution in [3.63, 3.8) is 0 Å². The summed E-state index contributed by atoms with van der Waals surface area (Å²) in [6, 6.07) is -0.375. The summed E-state index contributed by atoms with van der Waals surface area (Å²) in [6.07, 6.45) is -2.20. The molecule has 0 unspecified atom stereocenters. The second-order valence-corrected chi connectivity index (χ2v) is 2.33. The highest BCUT2D eigenvalue weighted by Gasteiger charge is 2.39. The summed E-state index contributed by atoms with van der Waals surface area (Å²) in [4.78, 5) is 13.0. The Morgan fingerprint density at radius 2 is 1.50 bits per heavy atom. The third-order valence-electron chi connectivity index (χ3n) is 1.66. The van der Waals surface area contributed by atoms with Gasteiger partial charge in [-0.1, -0.05) is 0 Å². The van der Waals surface area contributed by atoms with E-state index in [9.17, 15) is 4.79 Å². The predicted molar refractivity (Wildman–Crippen MR) is 32.9 cm³/mol. The molecular weight excluding hydrogens is 136 g/mol. The van der Waals surface area contributed by atoms with Gasteiger partial charge in [-0.3, -0.25) is 9.80 Å². The Morgan fingerprint density at radius 1 is 1.20 bits per heavy atom. The number of aliphatic hydroxyl groups is 2. The van der Waals surface area contributed by atoms with E-state index in [1.54, 1.807) is 0 Å². The topological polar surface area (TPSA) is 64.0 Å². The molecule has 2 amide bonds. The second-order valence-electron chi connectivity index (χ2n) is 2.33. The number of rotatable bonds is 0. The molecule has 0 aromatic rings. The lowest BCUT2D eigenvalue weighted by molar-refractivity contribution is -0.0550. The van der Waals surface area contributed by atoms with E-state index < -0.39 is 12.5 Å². The van der Waals surface area contributed by atoms with E-state index in [1.807, 2.05) is 0 Å². The highest BCUT2D eigenvalue weighted by atomic mass is 16.4. The van der Waals surface area contributed by atoms with Gasteiger partial charge in [-0.05, 0) is 0 Å². The molecule has 0 spiro atoms. The molecule has 1 saturated heterocycles. The minimum atomic E-state index is -1.10. The smallest absolute Gasteiger partial charge is 0.323 e. The van der Waals surface area contributed by atoms with E-state index >= 15 is 0 Å². The monoisotopic (exact) mass is 146 g/mol. The van der Waals surface area contributed by atoms with Gasteiger partial charge in [0.25, 0.3) is 0 Å². The molecule has 0 aromatic heterocycles. The number of nitrogens with zero attached hydrogens (tertiary/aromatic N) is 2. The van der Waals surface area contributed by atoms with Crippen LogP contribution in [0, 0.1) is 0 Å². The number of hydrogen-bond acceptors (Lipinski definition) is 3. The maximum atomic E-state index is 10.9. The lowest BCUT2D eigenvalue weighted by Crippen LogP contribution is -2.34. The number of urea groups is 1. The van der Waals surface area contributed by atoms with Crippen LogP contribution in [-0.4, -0.2) is 52.6 Å². The Kier molecular flexibility index (Phi) is 1.53. The van der Waals surface area contributed by atoms with Crippen LogP contribution in [0.25, 0.3) is 0 Å². The fraction of sp³-hybridized carbons (Fsp3) is 0.800. The van der Waals surface area contributed by atoms with Crippen molar-refractivity contribution in [3.05, 3.63) is 0 Å². The standard InChI is InChI=1S/C5H10N2O3/c1-6-3(8)4(9)7(2)5(6)10/h3-4,8-9H,1-2H3/t3-,4-/m1/s1. The van der Waals surface area contributed by atoms with Gasteiger partial charge >= 0.3 is 6.03 Å². The van der Waals surface area contributed by atoms with Crippen molar-refractivity contribution in [2.45, 2.75) is 12.5 Å². The zero-order valence-electron chi connectivity index (χ0n) is 5.85. The molecule has 0 radical (unpaired) electrons. The Labute approximate surface area is 58.5 Å². The molecular formula is C5H10N2O3. The summed E-state index contributed by atoms with van der Waals surface area (Å²) in [6.45, 7) is 0. The van der Waals surface area contributed by atoms with Crippen LogP contribution in [0.5, 0.6) is 0 Å². The summed E-state index contributed by atoms with van der Waals surface area (Å²) in [7, 11) is 2.86. The molecule has 1 fully saturated rings. The third kappa shape index (κ3) is 0.748. The van der Waals surface area contributed by atoms with Gasteiger partial charge in [-0.25, -0.2) is 4.79 Å². The fourth-order valence-electron chi connectivity index (χ4n) is 0.875.